The van der Waals surface area contributed by atoms with Crippen molar-refractivity contribution in [1.82, 2.24) is 4.90 Å². The molecule has 6 heteroatoms. The average Bonchev–Trinajstić information content (AvgIpc) is 2.34. The molecular weight excluding hydrogens is 260 g/mol. The van der Waals surface area contributed by atoms with Gasteiger partial charge >= 0.3 is 0 Å². The third kappa shape index (κ3) is 2.80. The Kier molecular flexibility index (Phi) is 4.34. The van der Waals surface area contributed by atoms with Crippen LogP contribution in [0.5, 0.6) is 0 Å². The van der Waals surface area contributed by atoms with Gasteiger partial charge in [0.15, 0.2) is 0 Å². The van der Waals surface area contributed by atoms with Crippen molar-refractivity contribution in [2.24, 2.45) is 0 Å². The summed E-state index contributed by atoms with van der Waals surface area (Å²) in [6, 6.07) is 4.57. The number of aliphatic hydroxyl groups is 1. The molecule has 1 fully saturated rings. The first kappa shape index (κ1) is 14.5. The van der Waals surface area contributed by atoms with Crippen LogP contribution in [0.4, 0.5) is 5.69 Å². The molecule has 1 aliphatic carbocycles. The van der Waals surface area contributed by atoms with Gasteiger partial charge in [0.25, 0.3) is 11.6 Å². The third-order valence-electron chi connectivity index (χ3n) is 3.76. The molecule has 20 heavy (non-hydrogen) atoms. The first-order chi connectivity index (χ1) is 9.54. The van der Waals surface area contributed by atoms with E-state index in [0.29, 0.717) is 17.7 Å². The number of nitro benzene ring substituents is 1. The van der Waals surface area contributed by atoms with Crippen molar-refractivity contribution in [3.63, 3.8) is 0 Å². The van der Waals surface area contributed by atoms with Gasteiger partial charge in [0, 0.05) is 29.8 Å². The Morgan fingerprint density at radius 3 is 2.65 bits per heavy atom. The lowest BCUT2D eigenvalue weighted by Crippen LogP contribution is -2.45. The second-order valence-electron chi connectivity index (χ2n) is 5.07. The molecule has 1 aliphatic rings. The zero-order chi connectivity index (χ0) is 14.7. The summed E-state index contributed by atoms with van der Waals surface area (Å²) in [6.45, 7) is 1.85. The summed E-state index contributed by atoms with van der Waals surface area (Å²) in [5.74, 6) is -0.165. The number of rotatable bonds is 5. The van der Waals surface area contributed by atoms with Crippen LogP contribution >= 0.6 is 0 Å². The first-order valence-corrected chi connectivity index (χ1v) is 6.71. The first-order valence-electron chi connectivity index (χ1n) is 6.71. The highest BCUT2D eigenvalue weighted by atomic mass is 16.6. The number of hydrogen-bond donors (Lipinski definition) is 1. The third-order valence-corrected chi connectivity index (χ3v) is 3.76. The number of carbonyl (C=O) groups excluding carboxylic acids is 1. The van der Waals surface area contributed by atoms with Crippen molar-refractivity contribution in [3.05, 3.63) is 39.4 Å². The highest BCUT2D eigenvalue weighted by Crippen LogP contribution is 2.27. The van der Waals surface area contributed by atoms with Gasteiger partial charge in [-0.3, -0.25) is 14.9 Å². The fraction of sp³-hybridized carbons (Fsp3) is 0.500. The Morgan fingerprint density at radius 1 is 1.50 bits per heavy atom. The highest BCUT2D eigenvalue weighted by molar-refractivity contribution is 5.95. The lowest BCUT2D eigenvalue weighted by Gasteiger charge is -2.37. The fourth-order valence-corrected chi connectivity index (χ4v) is 2.42. The van der Waals surface area contributed by atoms with Crippen molar-refractivity contribution in [2.45, 2.75) is 32.2 Å². The number of amides is 1. The summed E-state index contributed by atoms with van der Waals surface area (Å²) in [7, 11) is 0. The number of aliphatic hydroxyl groups excluding tert-OH is 1. The maximum Gasteiger partial charge on any atom is 0.272 e. The molecule has 0 heterocycles. The average molecular weight is 278 g/mol. The van der Waals surface area contributed by atoms with Crippen LogP contribution in [-0.2, 0) is 0 Å². The maximum atomic E-state index is 12.4. The van der Waals surface area contributed by atoms with Crippen LogP contribution in [-0.4, -0.2) is 40.0 Å². The zero-order valence-corrected chi connectivity index (χ0v) is 11.4. The Balaban J connectivity index is 2.22. The van der Waals surface area contributed by atoms with Gasteiger partial charge in [-0.25, -0.2) is 0 Å². The van der Waals surface area contributed by atoms with E-state index in [2.05, 4.69) is 0 Å². The molecule has 2 rings (SSSR count). The quantitative estimate of drug-likeness (QED) is 0.658. The Bertz CT molecular complexity index is 526. The van der Waals surface area contributed by atoms with Gasteiger partial charge in [0.05, 0.1) is 11.5 Å². The standard InChI is InChI=1S/C14H18N2O4/c1-10-9-11(5-6-13(10)16(19)20)14(18)15(7-8-17)12-3-2-4-12/h5-6,9,12,17H,2-4,7-8H2,1H3. The number of nitrogens with zero attached hydrogens (tertiary/aromatic N) is 2. The Morgan fingerprint density at radius 2 is 2.20 bits per heavy atom. The molecule has 1 N–H and O–H groups in total. The monoisotopic (exact) mass is 278 g/mol. The van der Waals surface area contributed by atoms with E-state index in [0.717, 1.165) is 19.3 Å². The van der Waals surface area contributed by atoms with Gasteiger partial charge in [-0.15, -0.1) is 0 Å². The highest BCUT2D eigenvalue weighted by Gasteiger charge is 2.29. The molecule has 0 unspecified atom stereocenters. The lowest BCUT2D eigenvalue weighted by atomic mass is 9.91. The smallest absolute Gasteiger partial charge is 0.272 e. The maximum absolute atomic E-state index is 12.4. The van der Waals surface area contributed by atoms with Crippen LogP contribution in [0.25, 0.3) is 0 Å². The number of hydrogen-bond acceptors (Lipinski definition) is 4. The van der Waals surface area contributed by atoms with Gasteiger partial charge in [-0.05, 0) is 38.3 Å². The van der Waals surface area contributed by atoms with E-state index in [1.54, 1.807) is 17.9 Å². The minimum atomic E-state index is -0.457. The minimum absolute atomic E-state index is 0.0129. The van der Waals surface area contributed by atoms with Crippen LogP contribution in [0.2, 0.25) is 0 Å². The molecule has 0 atom stereocenters. The molecule has 0 saturated heterocycles. The van der Waals surface area contributed by atoms with Crippen molar-refractivity contribution < 1.29 is 14.8 Å². The van der Waals surface area contributed by atoms with Crippen molar-refractivity contribution in [1.29, 1.82) is 0 Å². The van der Waals surface area contributed by atoms with Crippen LogP contribution < -0.4 is 0 Å². The van der Waals surface area contributed by atoms with Gasteiger partial charge in [-0.2, -0.15) is 0 Å². The summed E-state index contributed by atoms with van der Waals surface area (Å²) in [4.78, 5) is 24.4. The van der Waals surface area contributed by atoms with E-state index in [1.807, 2.05) is 0 Å². The SMILES string of the molecule is Cc1cc(C(=O)N(CCO)C2CCC2)ccc1[N+](=O)[O-]. The van der Waals surface area contributed by atoms with E-state index in [-0.39, 0.29) is 24.2 Å². The van der Waals surface area contributed by atoms with Gasteiger partial charge < -0.3 is 10.0 Å². The number of benzene rings is 1. The molecule has 1 amide bonds. The van der Waals surface area contributed by atoms with E-state index in [4.69, 9.17) is 5.11 Å². The molecule has 0 bridgehead atoms. The largest absolute Gasteiger partial charge is 0.395 e. The van der Waals surface area contributed by atoms with Crippen molar-refractivity contribution in [2.75, 3.05) is 13.2 Å². The van der Waals surface area contributed by atoms with Crippen LogP contribution in [0.15, 0.2) is 18.2 Å². The van der Waals surface area contributed by atoms with E-state index >= 15 is 0 Å². The summed E-state index contributed by atoms with van der Waals surface area (Å²) in [5, 5.41) is 19.9. The second-order valence-corrected chi connectivity index (χ2v) is 5.07. The van der Waals surface area contributed by atoms with Crippen LogP contribution in [0.1, 0.15) is 35.2 Å². The van der Waals surface area contributed by atoms with Crippen LogP contribution in [0, 0.1) is 17.0 Å². The molecular formula is C14H18N2O4. The molecule has 1 saturated carbocycles. The van der Waals surface area contributed by atoms with E-state index < -0.39 is 4.92 Å². The van der Waals surface area contributed by atoms with Crippen molar-refractivity contribution >= 4 is 11.6 Å². The number of aryl methyl sites for hydroxylation is 1. The summed E-state index contributed by atoms with van der Waals surface area (Å²) >= 11 is 0. The molecule has 0 spiro atoms. The lowest BCUT2D eigenvalue weighted by molar-refractivity contribution is -0.385. The summed E-state index contributed by atoms with van der Waals surface area (Å²) in [5.41, 5.74) is 0.922. The summed E-state index contributed by atoms with van der Waals surface area (Å²) < 4.78 is 0. The number of carbonyl (C=O) groups is 1. The van der Waals surface area contributed by atoms with Crippen molar-refractivity contribution in [3.8, 4) is 0 Å². The topological polar surface area (TPSA) is 83.7 Å². The molecule has 0 radical (unpaired) electrons. The summed E-state index contributed by atoms with van der Waals surface area (Å²) in [6.07, 6.45) is 3.01. The predicted molar refractivity (Wildman–Crippen MR) is 73.6 cm³/mol. The predicted octanol–water partition coefficient (Wildman–Crippen LogP) is 1.89. The van der Waals surface area contributed by atoms with Gasteiger partial charge in [0.1, 0.15) is 0 Å². The Labute approximate surface area is 117 Å². The van der Waals surface area contributed by atoms with Gasteiger partial charge in [-0.1, -0.05) is 0 Å². The molecule has 108 valence electrons. The molecule has 6 nitrogen and oxygen atoms in total. The van der Waals surface area contributed by atoms with Gasteiger partial charge in [0.2, 0.25) is 0 Å². The molecule has 1 aromatic carbocycles. The molecule has 1 aromatic rings. The Hall–Kier alpha value is -1.95. The van der Waals surface area contributed by atoms with Crippen LogP contribution in [0.3, 0.4) is 0 Å². The minimum Gasteiger partial charge on any atom is -0.395 e. The zero-order valence-electron chi connectivity index (χ0n) is 11.4. The second kappa shape index (κ2) is 6.00. The fourth-order valence-electron chi connectivity index (χ4n) is 2.42. The van der Waals surface area contributed by atoms with E-state index in [1.165, 1.54) is 12.1 Å². The normalized spacial score (nSPS) is 14.7. The molecule has 0 aliphatic heterocycles. The number of nitro groups is 1. The molecule has 0 aromatic heterocycles. The van der Waals surface area contributed by atoms with E-state index in [9.17, 15) is 14.9 Å².